The molecule has 0 saturated carbocycles. The lowest BCUT2D eigenvalue weighted by Crippen LogP contribution is -2.22. The molecule has 24 heavy (non-hydrogen) atoms. The molecule has 0 saturated heterocycles. The number of carbonyl (C=O) groups is 1. The maximum absolute atomic E-state index is 12.0. The Labute approximate surface area is 141 Å². The third kappa shape index (κ3) is 2.21. The van der Waals surface area contributed by atoms with Gasteiger partial charge in [0.25, 0.3) is 0 Å². The monoisotopic (exact) mass is 319 g/mol. The van der Waals surface area contributed by atoms with Crippen LogP contribution in [-0.2, 0) is 12.8 Å². The number of aromatic nitrogens is 2. The van der Waals surface area contributed by atoms with Crippen molar-refractivity contribution < 1.29 is 4.79 Å². The quantitative estimate of drug-likeness (QED) is 0.787. The lowest BCUT2D eigenvalue weighted by atomic mass is 9.79. The van der Waals surface area contributed by atoms with Crippen LogP contribution in [-0.4, -0.2) is 15.3 Å². The molecule has 1 aliphatic carbocycles. The predicted octanol–water partition coefficient (Wildman–Crippen LogP) is 3.32. The molecule has 1 aliphatic rings. The molecule has 122 valence electrons. The number of nitrogens with zero attached hydrogens (tertiary/aromatic N) is 2. The molecular formula is C20H21N3O. The van der Waals surface area contributed by atoms with E-state index in [1.54, 1.807) is 0 Å². The zero-order chi connectivity index (χ0) is 16.8. The number of hydrogen-bond acceptors (Lipinski definition) is 2. The highest BCUT2D eigenvalue weighted by Crippen LogP contribution is 2.36. The fourth-order valence-corrected chi connectivity index (χ4v) is 3.89. The topological polar surface area (TPSA) is 60.4 Å². The van der Waals surface area contributed by atoms with Crippen LogP contribution in [0, 0.1) is 13.8 Å². The average Bonchev–Trinajstić information content (AvgIpc) is 2.89. The molecule has 0 unspecified atom stereocenters. The number of benzene rings is 1. The molecule has 0 bridgehead atoms. The molecule has 2 aromatic heterocycles. The first-order valence-electron chi connectivity index (χ1n) is 8.41. The van der Waals surface area contributed by atoms with Gasteiger partial charge < -0.3 is 10.1 Å². The molecule has 2 N–H and O–H groups in total. The summed E-state index contributed by atoms with van der Waals surface area (Å²) in [4.78, 5) is 16.7. The van der Waals surface area contributed by atoms with Crippen LogP contribution < -0.4 is 5.73 Å². The summed E-state index contributed by atoms with van der Waals surface area (Å²) in [6, 6.07) is 10.6. The molecule has 2 heterocycles. The second-order valence-electron chi connectivity index (χ2n) is 6.69. The van der Waals surface area contributed by atoms with Crippen LogP contribution in [0.15, 0.2) is 36.5 Å². The van der Waals surface area contributed by atoms with E-state index in [0.717, 1.165) is 41.9 Å². The molecule has 4 heteroatoms. The normalized spacial score (nSPS) is 17.0. The van der Waals surface area contributed by atoms with Crippen molar-refractivity contribution in [3.05, 3.63) is 70.2 Å². The van der Waals surface area contributed by atoms with E-state index in [1.165, 1.54) is 11.1 Å². The number of carbonyl (C=O) groups excluding carboxylic acids is 1. The van der Waals surface area contributed by atoms with Crippen LogP contribution in [0.1, 0.15) is 50.8 Å². The maximum atomic E-state index is 12.0. The van der Waals surface area contributed by atoms with Crippen LogP contribution in [0.25, 0.3) is 5.65 Å². The van der Waals surface area contributed by atoms with Crippen molar-refractivity contribution in [1.29, 1.82) is 0 Å². The van der Waals surface area contributed by atoms with Gasteiger partial charge in [-0.05, 0) is 55.7 Å². The first-order chi connectivity index (χ1) is 11.6. The highest BCUT2D eigenvalue weighted by molar-refractivity contribution is 5.95. The van der Waals surface area contributed by atoms with E-state index < -0.39 is 0 Å². The summed E-state index contributed by atoms with van der Waals surface area (Å²) in [5, 5.41) is 0. The zero-order valence-corrected chi connectivity index (χ0v) is 14.0. The Kier molecular flexibility index (Phi) is 3.41. The Morgan fingerprint density at radius 3 is 2.67 bits per heavy atom. The Morgan fingerprint density at radius 1 is 1.21 bits per heavy atom. The van der Waals surface area contributed by atoms with Gasteiger partial charge in [0.2, 0.25) is 5.91 Å². The molecular weight excluding hydrogens is 298 g/mol. The molecule has 4 rings (SSSR count). The number of imidazole rings is 1. The van der Waals surface area contributed by atoms with Crippen molar-refractivity contribution in [2.45, 2.75) is 39.0 Å². The lowest BCUT2D eigenvalue weighted by Gasteiger charge is -2.27. The van der Waals surface area contributed by atoms with Crippen LogP contribution in [0.2, 0.25) is 0 Å². The first kappa shape index (κ1) is 14.9. The highest BCUT2D eigenvalue weighted by atomic mass is 16.1. The van der Waals surface area contributed by atoms with Gasteiger partial charge in [0.05, 0.1) is 11.3 Å². The van der Waals surface area contributed by atoms with Gasteiger partial charge in [-0.2, -0.15) is 0 Å². The van der Waals surface area contributed by atoms with E-state index in [9.17, 15) is 4.79 Å². The molecule has 3 aromatic rings. The number of aryl methyl sites for hydroxylation is 2. The Morgan fingerprint density at radius 2 is 1.96 bits per heavy atom. The van der Waals surface area contributed by atoms with Crippen LogP contribution >= 0.6 is 0 Å². The molecule has 1 atom stereocenters. The number of hydrogen-bond donors (Lipinski definition) is 1. The number of amides is 1. The van der Waals surface area contributed by atoms with Crippen molar-refractivity contribution >= 4 is 11.6 Å². The summed E-state index contributed by atoms with van der Waals surface area (Å²) < 4.78 is 2.03. The van der Waals surface area contributed by atoms with Gasteiger partial charge in [-0.1, -0.05) is 30.3 Å². The molecule has 0 aliphatic heterocycles. The van der Waals surface area contributed by atoms with E-state index in [4.69, 9.17) is 10.7 Å². The smallest absolute Gasteiger partial charge is 0.250 e. The third-order valence-corrected chi connectivity index (χ3v) is 5.33. The van der Waals surface area contributed by atoms with E-state index in [0.29, 0.717) is 11.5 Å². The summed E-state index contributed by atoms with van der Waals surface area (Å²) >= 11 is 0. The molecule has 4 nitrogen and oxygen atoms in total. The van der Waals surface area contributed by atoms with Gasteiger partial charge in [-0.3, -0.25) is 4.79 Å². The molecule has 0 fully saturated rings. The van der Waals surface area contributed by atoms with Crippen molar-refractivity contribution in [1.82, 2.24) is 9.38 Å². The SMILES string of the molecule is Cc1nc2c3c(c(C(N)=O)cn2c1C)CC[C@H](c1ccccc1)C3. The standard InChI is InChI=1S/C20H21N3O/c1-12-13(2)23-11-18(19(21)24)16-9-8-15(10-17(16)20(23)22-12)14-6-4-3-5-7-14/h3-7,11,15H,8-10H2,1-2H3,(H2,21,24)/t15-/m0/s1. The average molecular weight is 319 g/mol. The number of rotatable bonds is 2. The minimum absolute atomic E-state index is 0.350. The Hall–Kier alpha value is -2.62. The number of nitrogens with two attached hydrogens (primary N) is 1. The maximum Gasteiger partial charge on any atom is 0.250 e. The van der Waals surface area contributed by atoms with E-state index in [1.807, 2.05) is 30.5 Å². The van der Waals surface area contributed by atoms with Crippen molar-refractivity contribution in [3.63, 3.8) is 0 Å². The fraction of sp³-hybridized carbons (Fsp3) is 0.300. The van der Waals surface area contributed by atoms with Crippen molar-refractivity contribution in [2.75, 3.05) is 0 Å². The summed E-state index contributed by atoms with van der Waals surface area (Å²) in [6.45, 7) is 4.04. The Bertz CT molecular complexity index is 941. The van der Waals surface area contributed by atoms with Gasteiger partial charge in [0.15, 0.2) is 0 Å². The van der Waals surface area contributed by atoms with Gasteiger partial charge in [0.1, 0.15) is 5.65 Å². The van der Waals surface area contributed by atoms with Gasteiger partial charge >= 0.3 is 0 Å². The van der Waals surface area contributed by atoms with Crippen molar-refractivity contribution in [2.24, 2.45) is 5.73 Å². The molecule has 0 spiro atoms. The number of primary amides is 1. The molecule has 0 radical (unpaired) electrons. The van der Waals surface area contributed by atoms with E-state index >= 15 is 0 Å². The van der Waals surface area contributed by atoms with Crippen LogP contribution in [0.4, 0.5) is 0 Å². The van der Waals surface area contributed by atoms with Crippen LogP contribution in [0.3, 0.4) is 0 Å². The number of pyridine rings is 1. The van der Waals surface area contributed by atoms with E-state index in [2.05, 4.69) is 24.3 Å². The molecule has 1 aromatic carbocycles. The second-order valence-corrected chi connectivity index (χ2v) is 6.69. The fourth-order valence-electron chi connectivity index (χ4n) is 3.89. The summed E-state index contributed by atoms with van der Waals surface area (Å²) in [7, 11) is 0. The highest BCUT2D eigenvalue weighted by Gasteiger charge is 2.27. The summed E-state index contributed by atoms with van der Waals surface area (Å²) in [5.41, 5.74) is 13.0. The van der Waals surface area contributed by atoms with Gasteiger partial charge in [-0.25, -0.2) is 4.98 Å². The third-order valence-electron chi connectivity index (χ3n) is 5.33. The minimum atomic E-state index is -0.350. The predicted molar refractivity (Wildman–Crippen MR) is 94.4 cm³/mol. The van der Waals surface area contributed by atoms with Crippen LogP contribution in [0.5, 0.6) is 0 Å². The summed E-state index contributed by atoms with van der Waals surface area (Å²) in [6.07, 6.45) is 4.68. The van der Waals surface area contributed by atoms with Crippen molar-refractivity contribution in [3.8, 4) is 0 Å². The minimum Gasteiger partial charge on any atom is -0.366 e. The van der Waals surface area contributed by atoms with Gasteiger partial charge in [0, 0.05) is 11.9 Å². The van der Waals surface area contributed by atoms with E-state index in [-0.39, 0.29) is 5.91 Å². The first-order valence-corrected chi connectivity index (χ1v) is 8.41. The summed E-state index contributed by atoms with van der Waals surface area (Å²) in [5.74, 6) is 0.111. The largest absolute Gasteiger partial charge is 0.366 e. The Balaban J connectivity index is 1.91. The zero-order valence-electron chi connectivity index (χ0n) is 14.0. The lowest BCUT2D eigenvalue weighted by molar-refractivity contribution is 0.0998. The molecule has 1 amide bonds. The second kappa shape index (κ2) is 5.48. The number of fused-ring (bicyclic) bond motifs is 3. The van der Waals surface area contributed by atoms with Gasteiger partial charge in [-0.15, -0.1) is 0 Å².